The molecule has 180 valence electrons. The van der Waals surface area contributed by atoms with Crippen molar-refractivity contribution in [1.82, 2.24) is 4.90 Å². The number of benzene rings is 1. The van der Waals surface area contributed by atoms with Crippen LogP contribution in [0.1, 0.15) is 28.1 Å². The summed E-state index contributed by atoms with van der Waals surface area (Å²) in [4.78, 5) is 55.8. The number of piperidine rings is 1. The van der Waals surface area contributed by atoms with E-state index in [4.69, 9.17) is 4.74 Å². The Balaban J connectivity index is 1.51. The van der Waals surface area contributed by atoms with Gasteiger partial charge in [0.15, 0.2) is 0 Å². The summed E-state index contributed by atoms with van der Waals surface area (Å²) in [5.41, 5.74) is 1.03. The molecule has 2 amide bonds. The largest absolute Gasteiger partial charge is 0.478 e. The number of carboxylic acid groups (broad SMARTS) is 1. The van der Waals surface area contributed by atoms with Gasteiger partial charge in [-0.25, -0.2) is 4.79 Å². The standard InChI is InChI=1S/C24H27N3O6S/c1-33-24(32)16-6-9-25(10-7-16)14-21(28)27-15-22(29)26(11-8-18-3-2-12-34-18)19-5-4-17(23(30)31)13-20(19)27/h2-5,12-13,16H,6-11,14-15H2,1H3,(H,30,31). The summed E-state index contributed by atoms with van der Waals surface area (Å²) in [5.74, 6) is -1.97. The Morgan fingerprint density at radius 2 is 1.91 bits per heavy atom. The third kappa shape index (κ3) is 5.13. The third-order valence-corrected chi connectivity index (χ3v) is 7.28. The second kappa shape index (κ2) is 10.4. The summed E-state index contributed by atoms with van der Waals surface area (Å²) in [6, 6.07) is 8.49. The lowest BCUT2D eigenvalue weighted by molar-refractivity contribution is -0.147. The third-order valence-electron chi connectivity index (χ3n) is 6.34. The quantitative estimate of drug-likeness (QED) is 0.600. The van der Waals surface area contributed by atoms with Gasteiger partial charge in [0.25, 0.3) is 0 Å². The van der Waals surface area contributed by atoms with Crippen molar-refractivity contribution in [3.05, 3.63) is 46.2 Å². The number of hydrogen-bond acceptors (Lipinski definition) is 7. The number of anilines is 2. The van der Waals surface area contributed by atoms with Crippen LogP contribution in [0.25, 0.3) is 0 Å². The van der Waals surface area contributed by atoms with Crippen LogP contribution in [0.3, 0.4) is 0 Å². The summed E-state index contributed by atoms with van der Waals surface area (Å²) < 4.78 is 4.81. The van der Waals surface area contributed by atoms with Crippen molar-refractivity contribution in [3.8, 4) is 0 Å². The maximum absolute atomic E-state index is 13.3. The van der Waals surface area contributed by atoms with Crippen LogP contribution in [0.15, 0.2) is 35.7 Å². The fraction of sp³-hybridized carbons (Fsp3) is 0.417. The Morgan fingerprint density at radius 1 is 1.15 bits per heavy atom. The van der Waals surface area contributed by atoms with Gasteiger partial charge >= 0.3 is 11.9 Å². The number of esters is 1. The first-order chi connectivity index (χ1) is 16.4. The number of aromatic carboxylic acids is 1. The number of thiophene rings is 1. The molecule has 0 radical (unpaired) electrons. The summed E-state index contributed by atoms with van der Waals surface area (Å²) in [6.07, 6.45) is 1.89. The predicted octanol–water partition coefficient (Wildman–Crippen LogP) is 2.25. The molecule has 1 aromatic heterocycles. The summed E-state index contributed by atoms with van der Waals surface area (Å²) in [6.45, 7) is 1.54. The first-order valence-corrected chi connectivity index (χ1v) is 12.1. The van der Waals surface area contributed by atoms with Crippen molar-refractivity contribution in [3.63, 3.8) is 0 Å². The Morgan fingerprint density at radius 3 is 2.56 bits per heavy atom. The van der Waals surface area contributed by atoms with E-state index in [0.29, 0.717) is 50.3 Å². The molecule has 0 aliphatic carbocycles. The number of rotatable bonds is 7. The van der Waals surface area contributed by atoms with Gasteiger partial charge in [-0.15, -0.1) is 11.3 Å². The first kappa shape index (κ1) is 23.9. The number of carboxylic acids is 1. The topological polar surface area (TPSA) is 107 Å². The molecule has 2 aromatic rings. The van der Waals surface area contributed by atoms with E-state index in [9.17, 15) is 24.3 Å². The SMILES string of the molecule is COC(=O)C1CCN(CC(=O)N2CC(=O)N(CCc3cccs3)c3ccc(C(=O)O)cc32)CC1. The number of fused-ring (bicyclic) bond motifs is 1. The number of carbonyl (C=O) groups excluding carboxylic acids is 3. The molecular formula is C24H27N3O6S. The summed E-state index contributed by atoms with van der Waals surface area (Å²) in [5, 5.41) is 11.5. The van der Waals surface area contributed by atoms with Crippen LogP contribution in [0, 0.1) is 5.92 Å². The van der Waals surface area contributed by atoms with Crippen molar-refractivity contribution in [2.45, 2.75) is 19.3 Å². The normalized spacial score (nSPS) is 16.9. The highest BCUT2D eigenvalue weighted by Crippen LogP contribution is 2.35. The number of ether oxygens (including phenoxy) is 1. The summed E-state index contributed by atoms with van der Waals surface area (Å²) >= 11 is 1.61. The maximum Gasteiger partial charge on any atom is 0.335 e. The number of carbonyl (C=O) groups is 4. The average molecular weight is 486 g/mol. The molecule has 0 unspecified atom stereocenters. The molecular weight excluding hydrogens is 458 g/mol. The summed E-state index contributed by atoms with van der Waals surface area (Å²) in [7, 11) is 1.37. The zero-order valence-corrected chi connectivity index (χ0v) is 19.8. The minimum atomic E-state index is -1.10. The Labute approximate surface area is 201 Å². The Bertz CT molecular complexity index is 1080. The van der Waals surface area contributed by atoms with Crippen molar-refractivity contribution in [1.29, 1.82) is 0 Å². The second-order valence-corrected chi connectivity index (χ2v) is 9.47. The van der Waals surface area contributed by atoms with Gasteiger partial charge in [0, 0.05) is 11.4 Å². The molecule has 0 spiro atoms. The molecule has 0 saturated carbocycles. The van der Waals surface area contributed by atoms with Crippen LogP contribution >= 0.6 is 11.3 Å². The molecule has 10 heteroatoms. The van der Waals surface area contributed by atoms with E-state index in [1.165, 1.54) is 24.1 Å². The first-order valence-electron chi connectivity index (χ1n) is 11.2. The second-order valence-electron chi connectivity index (χ2n) is 8.44. The lowest BCUT2D eigenvalue weighted by Crippen LogP contribution is -2.52. The molecule has 1 saturated heterocycles. The van der Waals surface area contributed by atoms with Gasteiger partial charge in [0.1, 0.15) is 6.54 Å². The van der Waals surface area contributed by atoms with Gasteiger partial charge in [-0.3, -0.25) is 24.2 Å². The number of likely N-dealkylation sites (tertiary alicyclic amines) is 1. The molecule has 0 bridgehead atoms. The van der Waals surface area contributed by atoms with E-state index in [1.807, 2.05) is 22.4 Å². The van der Waals surface area contributed by atoms with Crippen molar-refractivity contribution in [2.75, 3.05) is 49.6 Å². The zero-order chi connectivity index (χ0) is 24.2. The van der Waals surface area contributed by atoms with Crippen LogP contribution in [0.2, 0.25) is 0 Å². The van der Waals surface area contributed by atoms with Crippen LogP contribution in [0.5, 0.6) is 0 Å². The molecule has 1 fully saturated rings. The Kier molecular flexibility index (Phi) is 7.28. The molecule has 3 heterocycles. The highest BCUT2D eigenvalue weighted by atomic mass is 32.1. The number of methoxy groups -OCH3 is 1. The van der Waals surface area contributed by atoms with Crippen LogP contribution in [-0.4, -0.2) is 73.6 Å². The van der Waals surface area contributed by atoms with Crippen LogP contribution in [0.4, 0.5) is 11.4 Å². The fourth-order valence-electron chi connectivity index (χ4n) is 4.46. The lowest BCUT2D eigenvalue weighted by atomic mass is 9.97. The van der Waals surface area contributed by atoms with E-state index in [-0.39, 0.29) is 42.4 Å². The fourth-order valence-corrected chi connectivity index (χ4v) is 5.15. The van der Waals surface area contributed by atoms with Gasteiger partial charge in [-0.1, -0.05) is 6.07 Å². The molecule has 1 N–H and O–H groups in total. The van der Waals surface area contributed by atoms with E-state index in [0.717, 1.165) is 4.88 Å². The number of hydrogen-bond donors (Lipinski definition) is 1. The molecule has 2 aliphatic rings. The van der Waals surface area contributed by atoms with E-state index >= 15 is 0 Å². The molecule has 4 rings (SSSR count). The van der Waals surface area contributed by atoms with Crippen molar-refractivity contribution < 1.29 is 29.0 Å². The van der Waals surface area contributed by atoms with Crippen molar-refractivity contribution in [2.24, 2.45) is 5.92 Å². The molecule has 0 atom stereocenters. The molecule has 9 nitrogen and oxygen atoms in total. The number of amides is 2. The molecule has 1 aromatic carbocycles. The van der Waals surface area contributed by atoms with Gasteiger partial charge in [-0.05, 0) is 62.0 Å². The highest BCUT2D eigenvalue weighted by molar-refractivity contribution is 7.09. The van der Waals surface area contributed by atoms with Gasteiger partial charge < -0.3 is 14.7 Å². The monoisotopic (exact) mass is 485 g/mol. The minimum absolute atomic E-state index is 0.0583. The van der Waals surface area contributed by atoms with E-state index in [1.54, 1.807) is 22.3 Å². The van der Waals surface area contributed by atoms with Gasteiger partial charge in [0.2, 0.25) is 11.8 Å². The van der Waals surface area contributed by atoms with Gasteiger partial charge in [0.05, 0.1) is 36.5 Å². The maximum atomic E-state index is 13.3. The van der Waals surface area contributed by atoms with Crippen LogP contribution < -0.4 is 9.80 Å². The number of nitrogens with zero attached hydrogens (tertiary/aromatic N) is 3. The van der Waals surface area contributed by atoms with Crippen molar-refractivity contribution >= 4 is 46.5 Å². The van der Waals surface area contributed by atoms with E-state index < -0.39 is 5.97 Å². The zero-order valence-electron chi connectivity index (χ0n) is 18.9. The average Bonchev–Trinajstić information content (AvgIpc) is 3.36. The van der Waals surface area contributed by atoms with Gasteiger partial charge in [-0.2, -0.15) is 0 Å². The molecule has 2 aliphatic heterocycles. The lowest BCUT2D eigenvalue weighted by Gasteiger charge is -2.38. The molecule has 34 heavy (non-hydrogen) atoms. The Hall–Kier alpha value is -3.24. The smallest absolute Gasteiger partial charge is 0.335 e. The highest BCUT2D eigenvalue weighted by Gasteiger charge is 2.34. The predicted molar refractivity (Wildman–Crippen MR) is 127 cm³/mol. The van der Waals surface area contributed by atoms with Crippen LogP contribution in [-0.2, 0) is 25.5 Å². The minimum Gasteiger partial charge on any atom is -0.478 e. The van der Waals surface area contributed by atoms with E-state index in [2.05, 4.69) is 0 Å².